The molecule has 1 heterocycles. The average Bonchev–Trinajstić information content (AvgIpc) is 2.35. The minimum absolute atomic E-state index is 0.101. The lowest BCUT2D eigenvalue weighted by Gasteiger charge is -2.37. The third kappa shape index (κ3) is 4.25. The van der Waals surface area contributed by atoms with E-state index in [0.717, 1.165) is 19.4 Å². The first kappa shape index (κ1) is 13.9. The number of aliphatic hydroxyl groups excluding tert-OH is 1. The molecule has 6 nitrogen and oxygen atoms in total. The van der Waals surface area contributed by atoms with E-state index in [4.69, 9.17) is 5.11 Å². The van der Waals surface area contributed by atoms with Crippen LogP contribution in [-0.2, 0) is 4.79 Å². The van der Waals surface area contributed by atoms with Crippen molar-refractivity contribution in [3.63, 3.8) is 0 Å². The summed E-state index contributed by atoms with van der Waals surface area (Å²) in [6.45, 7) is 1.25. The van der Waals surface area contributed by atoms with Crippen LogP contribution in [0.5, 0.6) is 0 Å². The van der Waals surface area contributed by atoms with E-state index in [-0.39, 0.29) is 12.5 Å². The van der Waals surface area contributed by atoms with Crippen molar-refractivity contribution in [3.8, 4) is 0 Å². The fourth-order valence-corrected chi connectivity index (χ4v) is 2.13. The second-order valence-electron chi connectivity index (χ2n) is 4.75. The van der Waals surface area contributed by atoms with Gasteiger partial charge in [-0.2, -0.15) is 0 Å². The van der Waals surface area contributed by atoms with Crippen LogP contribution in [0, 0.1) is 0 Å². The molecule has 0 bridgehead atoms. The van der Waals surface area contributed by atoms with E-state index >= 15 is 0 Å². The smallest absolute Gasteiger partial charge is 0.240 e. The number of carbonyl (C=O) groups excluding carboxylic acids is 1. The van der Waals surface area contributed by atoms with E-state index < -0.39 is 0 Å². The normalized spacial score (nSPS) is 15.3. The van der Waals surface area contributed by atoms with Crippen molar-refractivity contribution in [2.45, 2.75) is 31.7 Å². The summed E-state index contributed by atoms with van der Waals surface area (Å²) in [5.41, 5.74) is 0. The molecule has 2 N–H and O–H groups in total. The monoisotopic (exact) mass is 264 g/mol. The highest BCUT2D eigenvalue weighted by atomic mass is 16.3. The van der Waals surface area contributed by atoms with Crippen molar-refractivity contribution in [2.24, 2.45) is 0 Å². The van der Waals surface area contributed by atoms with Gasteiger partial charge in [0.25, 0.3) is 0 Å². The fourth-order valence-electron chi connectivity index (χ4n) is 2.13. The molecule has 104 valence electrons. The molecular weight excluding hydrogens is 244 g/mol. The van der Waals surface area contributed by atoms with Crippen LogP contribution in [0.1, 0.15) is 25.7 Å². The first-order valence-corrected chi connectivity index (χ1v) is 6.71. The molecule has 0 radical (unpaired) electrons. The lowest BCUT2D eigenvalue weighted by Crippen LogP contribution is -2.45. The van der Waals surface area contributed by atoms with Gasteiger partial charge in [-0.25, -0.2) is 9.97 Å². The van der Waals surface area contributed by atoms with Gasteiger partial charge in [0, 0.05) is 31.6 Å². The molecule has 0 atom stereocenters. The number of nitrogens with zero attached hydrogens (tertiary/aromatic N) is 3. The Hall–Kier alpha value is -1.53. The number of carbonyl (C=O) groups is 1. The maximum Gasteiger partial charge on any atom is 0.240 e. The zero-order valence-electron chi connectivity index (χ0n) is 11.0. The van der Waals surface area contributed by atoms with Crippen LogP contribution < -0.4 is 5.32 Å². The molecule has 6 heteroatoms. The van der Waals surface area contributed by atoms with E-state index in [0.29, 0.717) is 25.0 Å². The summed E-state index contributed by atoms with van der Waals surface area (Å²) in [6, 6.07) is 2.19. The molecule has 0 unspecified atom stereocenters. The van der Waals surface area contributed by atoms with Crippen LogP contribution in [0.3, 0.4) is 0 Å². The Morgan fingerprint density at radius 1 is 1.42 bits per heavy atom. The Bertz CT molecular complexity index is 395. The lowest BCUT2D eigenvalue weighted by atomic mass is 9.91. The third-order valence-electron chi connectivity index (χ3n) is 3.36. The highest BCUT2D eigenvalue weighted by Gasteiger charge is 2.26. The van der Waals surface area contributed by atoms with E-state index in [1.54, 1.807) is 18.5 Å². The van der Waals surface area contributed by atoms with Gasteiger partial charge in [-0.05, 0) is 25.3 Å². The Morgan fingerprint density at radius 3 is 2.74 bits per heavy atom. The topological polar surface area (TPSA) is 78.4 Å². The van der Waals surface area contributed by atoms with Gasteiger partial charge in [-0.15, -0.1) is 0 Å². The van der Waals surface area contributed by atoms with Gasteiger partial charge in [0.05, 0.1) is 6.54 Å². The van der Waals surface area contributed by atoms with E-state index in [1.165, 1.54) is 6.42 Å². The minimum Gasteiger partial charge on any atom is -0.396 e. The Kier molecular flexibility index (Phi) is 5.23. The largest absolute Gasteiger partial charge is 0.396 e. The zero-order valence-corrected chi connectivity index (χ0v) is 11.0. The summed E-state index contributed by atoms with van der Waals surface area (Å²) in [4.78, 5) is 22.0. The Balaban J connectivity index is 1.83. The summed E-state index contributed by atoms with van der Waals surface area (Å²) in [7, 11) is 0. The number of aliphatic hydroxyl groups is 1. The number of nitrogens with one attached hydrogen (secondary N) is 1. The molecule has 2 rings (SSSR count). The number of hydrogen-bond donors (Lipinski definition) is 2. The Labute approximate surface area is 112 Å². The van der Waals surface area contributed by atoms with Crippen LogP contribution >= 0.6 is 0 Å². The van der Waals surface area contributed by atoms with Gasteiger partial charge < -0.3 is 5.11 Å². The molecule has 1 aromatic heterocycles. The summed E-state index contributed by atoms with van der Waals surface area (Å²) in [5.74, 6) is 0.235. The molecule has 0 aromatic carbocycles. The Morgan fingerprint density at radius 2 is 2.16 bits per heavy atom. The maximum absolute atomic E-state index is 11.9. The summed E-state index contributed by atoms with van der Waals surface area (Å²) in [6.07, 6.45) is 7.40. The predicted molar refractivity (Wildman–Crippen MR) is 71.6 cm³/mol. The molecule has 1 amide bonds. The summed E-state index contributed by atoms with van der Waals surface area (Å²) < 4.78 is 0. The number of rotatable bonds is 7. The van der Waals surface area contributed by atoms with Gasteiger partial charge in [-0.3, -0.25) is 15.0 Å². The highest BCUT2D eigenvalue weighted by Crippen LogP contribution is 2.24. The standard InChI is InChI=1S/C13H20N4O2/c18-9-3-8-17(11-4-1-5-11)10-12(19)16-13-14-6-2-7-15-13/h2,6-7,11,18H,1,3-5,8-10H2,(H,14,15,16,19). The predicted octanol–water partition coefficient (Wildman–Crippen LogP) is 0.652. The number of hydrogen-bond acceptors (Lipinski definition) is 5. The number of aromatic nitrogens is 2. The van der Waals surface area contributed by atoms with Crippen LogP contribution in [0.2, 0.25) is 0 Å². The fraction of sp³-hybridized carbons (Fsp3) is 0.615. The van der Waals surface area contributed by atoms with Crippen LogP contribution in [0.4, 0.5) is 5.95 Å². The first-order valence-electron chi connectivity index (χ1n) is 6.71. The van der Waals surface area contributed by atoms with Gasteiger partial charge in [0.15, 0.2) is 0 Å². The van der Waals surface area contributed by atoms with Crippen molar-refractivity contribution in [3.05, 3.63) is 18.5 Å². The average molecular weight is 264 g/mol. The molecule has 1 aromatic rings. The van der Waals surface area contributed by atoms with Gasteiger partial charge in [-0.1, -0.05) is 6.42 Å². The summed E-state index contributed by atoms with van der Waals surface area (Å²) in [5, 5.41) is 11.6. The van der Waals surface area contributed by atoms with Crippen molar-refractivity contribution in [2.75, 3.05) is 25.0 Å². The van der Waals surface area contributed by atoms with Crippen molar-refractivity contribution >= 4 is 11.9 Å². The molecule has 1 saturated carbocycles. The molecule has 0 aliphatic heterocycles. The summed E-state index contributed by atoms with van der Waals surface area (Å²) >= 11 is 0. The SMILES string of the molecule is O=C(CN(CCCO)C1CCC1)Nc1ncccn1. The van der Waals surface area contributed by atoms with Crippen molar-refractivity contribution < 1.29 is 9.90 Å². The van der Waals surface area contributed by atoms with Gasteiger partial charge >= 0.3 is 0 Å². The van der Waals surface area contributed by atoms with Gasteiger partial charge in [0.1, 0.15) is 0 Å². The lowest BCUT2D eigenvalue weighted by molar-refractivity contribution is -0.118. The van der Waals surface area contributed by atoms with Crippen LogP contribution in [0.25, 0.3) is 0 Å². The second-order valence-corrected chi connectivity index (χ2v) is 4.75. The minimum atomic E-state index is -0.101. The van der Waals surface area contributed by atoms with Gasteiger partial charge in [0.2, 0.25) is 11.9 Å². The zero-order chi connectivity index (χ0) is 13.5. The highest BCUT2D eigenvalue weighted by molar-refractivity contribution is 5.90. The van der Waals surface area contributed by atoms with Crippen LogP contribution in [0.15, 0.2) is 18.5 Å². The molecular formula is C13H20N4O2. The molecule has 19 heavy (non-hydrogen) atoms. The molecule has 1 aliphatic rings. The third-order valence-corrected chi connectivity index (χ3v) is 3.36. The van der Waals surface area contributed by atoms with Crippen molar-refractivity contribution in [1.29, 1.82) is 0 Å². The second kappa shape index (κ2) is 7.16. The maximum atomic E-state index is 11.9. The quantitative estimate of drug-likeness (QED) is 0.756. The van der Waals surface area contributed by atoms with E-state index in [1.807, 2.05) is 0 Å². The molecule has 0 spiro atoms. The molecule has 0 saturated heterocycles. The first-order chi connectivity index (χ1) is 9.29. The number of anilines is 1. The van der Waals surface area contributed by atoms with E-state index in [9.17, 15) is 4.79 Å². The molecule has 1 fully saturated rings. The molecule has 1 aliphatic carbocycles. The van der Waals surface area contributed by atoms with E-state index in [2.05, 4.69) is 20.2 Å². The van der Waals surface area contributed by atoms with Crippen LogP contribution in [-0.4, -0.2) is 51.6 Å². The van der Waals surface area contributed by atoms with Crippen molar-refractivity contribution in [1.82, 2.24) is 14.9 Å². The number of amides is 1.